The van der Waals surface area contributed by atoms with Gasteiger partial charge in [0.25, 0.3) is 5.91 Å². The van der Waals surface area contributed by atoms with Gasteiger partial charge >= 0.3 is 0 Å². The summed E-state index contributed by atoms with van der Waals surface area (Å²) in [6.45, 7) is 1.91. The van der Waals surface area contributed by atoms with E-state index in [9.17, 15) is 4.79 Å². The average molecular weight is 381 g/mol. The lowest BCUT2D eigenvalue weighted by Gasteiger charge is -2.28. The molecule has 1 aliphatic carbocycles. The lowest BCUT2D eigenvalue weighted by molar-refractivity contribution is 0.0680. The van der Waals surface area contributed by atoms with Crippen molar-refractivity contribution in [2.45, 2.75) is 63.1 Å². The summed E-state index contributed by atoms with van der Waals surface area (Å²) in [4.78, 5) is 15.2. The molecule has 5 nitrogen and oxygen atoms in total. The molecule has 0 spiro atoms. The van der Waals surface area contributed by atoms with Crippen LogP contribution in [0.4, 0.5) is 0 Å². The van der Waals surface area contributed by atoms with Crippen molar-refractivity contribution in [3.8, 4) is 11.5 Å². The summed E-state index contributed by atoms with van der Waals surface area (Å²) in [6.07, 6.45) is 8.22. The molecule has 2 atom stereocenters. The van der Waals surface area contributed by atoms with Crippen LogP contribution in [-0.4, -0.2) is 49.2 Å². The van der Waals surface area contributed by atoms with Gasteiger partial charge in [-0.2, -0.15) is 0 Å². The first-order valence-electron chi connectivity index (χ1n) is 9.64. The summed E-state index contributed by atoms with van der Waals surface area (Å²) >= 11 is 0. The molecule has 0 aromatic heterocycles. The summed E-state index contributed by atoms with van der Waals surface area (Å²) in [6, 6.07) is 6.34. The third-order valence-corrected chi connectivity index (χ3v) is 5.90. The molecule has 2 bridgehead atoms. The Hall–Kier alpha value is -1.46. The van der Waals surface area contributed by atoms with E-state index in [2.05, 4.69) is 10.2 Å². The van der Waals surface area contributed by atoms with Crippen molar-refractivity contribution < 1.29 is 14.3 Å². The summed E-state index contributed by atoms with van der Waals surface area (Å²) < 4.78 is 11.6. The van der Waals surface area contributed by atoms with Gasteiger partial charge in [-0.3, -0.25) is 4.79 Å². The standard InChI is InChI=1S/C20H28N2O3.ClH/c1-24-19-12-14(6-9-18(19)25-17-4-2-3-5-17)20(23)22-15-7-8-16(22)13-21-11-10-15;/h6,9,12,15-17,21H,2-5,7-8,10-11,13H2,1H3;1H. The van der Waals surface area contributed by atoms with Crippen molar-refractivity contribution in [2.75, 3.05) is 20.2 Å². The predicted molar refractivity (Wildman–Crippen MR) is 104 cm³/mol. The number of rotatable bonds is 4. The van der Waals surface area contributed by atoms with Crippen LogP contribution in [0.15, 0.2) is 18.2 Å². The Labute approximate surface area is 161 Å². The van der Waals surface area contributed by atoms with Gasteiger partial charge in [0.1, 0.15) is 0 Å². The molecule has 1 amide bonds. The maximum Gasteiger partial charge on any atom is 0.254 e. The monoisotopic (exact) mass is 380 g/mol. The summed E-state index contributed by atoms with van der Waals surface area (Å²) in [5, 5.41) is 3.45. The number of amides is 1. The molecule has 2 unspecified atom stereocenters. The topological polar surface area (TPSA) is 50.8 Å². The zero-order valence-corrected chi connectivity index (χ0v) is 16.2. The molecule has 3 aliphatic rings. The van der Waals surface area contributed by atoms with Crippen LogP contribution in [0.1, 0.15) is 55.3 Å². The zero-order valence-electron chi connectivity index (χ0n) is 15.4. The van der Waals surface area contributed by atoms with Crippen LogP contribution in [0.2, 0.25) is 0 Å². The minimum absolute atomic E-state index is 0. The number of nitrogens with zero attached hydrogens (tertiary/aromatic N) is 1. The molecule has 1 saturated carbocycles. The van der Waals surface area contributed by atoms with Gasteiger partial charge in [-0.05, 0) is 69.7 Å². The van der Waals surface area contributed by atoms with E-state index >= 15 is 0 Å². The van der Waals surface area contributed by atoms with Crippen LogP contribution >= 0.6 is 12.4 Å². The predicted octanol–water partition coefficient (Wildman–Crippen LogP) is 3.40. The summed E-state index contributed by atoms with van der Waals surface area (Å²) in [7, 11) is 1.64. The number of ether oxygens (including phenoxy) is 2. The van der Waals surface area contributed by atoms with Gasteiger partial charge < -0.3 is 19.7 Å². The molecule has 2 aliphatic heterocycles. The number of benzene rings is 1. The Balaban J connectivity index is 0.00000196. The van der Waals surface area contributed by atoms with Crippen molar-refractivity contribution in [2.24, 2.45) is 0 Å². The highest BCUT2D eigenvalue weighted by Crippen LogP contribution is 2.34. The molecule has 26 heavy (non-hydrogen) atoms. The number of nitrogens with one attached hydrogen (secondary N) is 1. The highest BCUT2D eigenvalue weighted by atomic mass is 35.5. The van der Waals surface area contributed by atoms with Crippen molar-refractivity contribution in [3.63, 3.8) is 0 Å². The number of carbonyl (C=O) groups excluding carboxylic acids is 1. The molecule has 2 heterocycles. The van der Waals surface area contributed by atoms with E-state index in [0.29, 0.717) is 23.4 Å². The lowest BCUT2D eigenvalue weighted by atomic mass is 10.1. The fraction of sp³-hybridized carbons (Fsp3) is 0.650. The normalized spacial score (nSPS) is 25.5. The third kappa shape index (κ3) is 3.79. The van der Waals surface area contributed by atoms with Crippen molar-refractivity contribution in [1.82, 2.24) is 10.2 Å². The van der Waals surface area contributed by atoms with E-state index in [1.165, 1.54) is 12.8 Å². The highest BCUT2D eigenvalue weighted by Gasteiger charge is 2.38. The number of hydrogen-bond acceptors (Lipinski definition) is 4. The van der Waals surface area contributed by atoms with E-state index in [1.807, 2.05) is 18.2 Å². The van der Waals surface area contributed by atoms with Crippen molar-refractivity contribution >= 4 is 18.3 Å². The van der Waals surface area contributed by atoms with Crippen LogP contribution < -0.4 is 14.8 Å². The summed E-state index contributed by atoms with van der Waals surface area (Å²) in [5.41, 5.74) is 0.703. The number of hydrogen-bond donors (Lipinski definition) is 1. The molecular formula is C20H29ClN2O3. The lowest BCUT2D eigenvalue weighted by Crippen LogP contribution is -2.42. The number of halogens is 1. The van der Waals surface area contributed by atoms with E-state index in [1.54, 1.807) is 7.11 Å². The minimum Gasteiger partial charge on any atom is -0.493 e. The van der Waals surface area contributed by atoms with E-state index < -0.39 is 0 Å². The van der Waals surface area contributed by atoms with Gasteiger partial charge in [0.2, 0.25) is 0 Å². The Bertz CT molecular complexity index is 619. The van der Waals surface area contributed by atoms with Crippen LogP contribution in [-0.2, 0) is 0 Å². The smallest absolute Gasteiger partial charge is 0.254 e. The van der Waals surface area contributed by atoms with Crippen molar-refractivity contribution in [1.29, 1.82) is 0 Å². The van der Waals surface area contributed by atoms with Gasteiger partial charge in [-0.25, -0.2) is 0 Å². The van der Waals surface area contributed by atoms with Crippen LogP contribution in [0, 0.1) is 0 Å². The number of methoxy groups -OCH3 is 1. The Morgan fingerprint density at radius 1 is 1.08 bits per heavy atom. The fourth-order valence-corrected chi connectivity index (χ4v) is 4.55. The van der Waals surface area contributed by atoms with Crippen LogP contribution in [0.3, 0.4) is 0 Å². The Morgan fingerprint density at radius 3 is 2.62 bits per heavy atom. The summed E-state index contributed by atoms with van der Waals surface area (Å²) in [5.74, 6) is 1.55. The molecule has 1 aromatic carbocycles. The quantitative estimate of drug-likeness (QED) is 0.869. The van der Waals surface area contributed by atoms with E-state index in [-0.39, 0.29) is 24.4 Å². The van der Waals surface area contributed by atoms with Crippen LogP contribution in [0.25, 0.3) is 0 Å². The molecule has 4 rings (SSSR count). The van der Waals surface area contributed by atoms with Gasteiger partial charge in [0.15, 0.2) is 11.5 Å². The molecule has 0 radical (unpaired) electrons. The Kier molecular flexibility index (Phi) is 6.30. The molecule has 3 fully saturated rings. The second kappa shape index (κ2) is 8.49. The second-order valence-electron chi connectivity index (χ2n) is 7.48. The SMILES string of the molecule is COc1cc(C(=O)N2C3CCNCC2CC3)ccc1OC1CCCC1.Cl. The Morgan fingerprint density at radius 2 is 1.85 bits per heavy atom. The van der Waals surface area contributed by atoms with E-state index in [0.717, 1.165) is 50.9 Å². The average Bonchev–Trinajstić information content (AvgIpc) is 3.21. The highest BCUT2D eigenvalue weighted by molar-refractivity contribution is 5.95. The first-order chi connectivity index (χ1) is 12.3. The van der Waals surface area contributed by atoms with Gasteiger partial charge in [0, 0.05) is 24.2 Å². The zero-order chi connectivity index (χ0) is 17.2. The number of carbonyl (C=O) groups is 1. The van der Waals surface area contributed by atoms with Gasteiger partial charge in [-0.15, -0.1) is 12.4 Å². The molecule has 1 aromatic rings. The van der Waals surface area contributed by atoms with Crippen molar-refractivity contribution in [3.05, 3.63) is 23.8 Å². The molecule has 6 heteroatoms. The minimum atomic E-state index is 0. The van der Waals surface area contributed by atoms with Crippen LogP contribution in [0.5, 0.6) is 11.5 Å². The molecule has 1 N–H and O–H groups in total. The van der Waals surface area contributed by atoms with Gasteiger partial charge in [0.05, 0.1) is 13.2 Å². The first-order valence-corrected chi connectivity index (χ1v) is 9.64. The largest absolute Gasteiger partial charge is 0.493 e. The number of fused-ring (bicyclic) bond motifs is 2. The maximum atomic E-state index is 13.1. The van der Waals surface area contributed by atoms with E-state index in [4.69, 9.17) is 9.47 Å². The fourth-order valence-electron chi connectivity index (χ4n) is 4.55. The molecular weight excluding hydrogens is 352 g/mol. The maximum absolute atomic E-state index is 13.1. The third-order valence-electron chi connectivity index (χ3n) is 5.90. The molecule has 144 valence electrons. The molecule has 2 saturated heterocycles. The first kappa shape index (κ1) is 19.3. The van der Waals surface area contributed by atoms with Gasteiger partial charge in [-0.1, -0.05) is 0 Å². The second-order valence-corrected chi connectivity index (χ2v) is 7.48.